The number of halogens is 2. The third kappa shape index (κ3) is 1.66. The number of likely N-dealkylation sites (N-methyl/N-ethyl adjacent to an activating group) is 1. The fourth-order valence-corrected chi connectivity index (χ4v) is 0.965. The summed E-state index contributed by atoms with van der Waals surface area (Å²) < 4.78 is 25.6. The smallest absolute Gasteiger partial charge is 0.188 e. The summed E-state index contributed by atoms with van der Waals surface area (Å²) in [6, 6.07) is 0. The summed E-state index contributed by atoms with van der Waals surface area (Å²) in [4.78, 5) is 1.03. The van der Waals surface area contributed by atoms with Gasteiger partial charge in [-0.05, 0) is 13.1 Å². The van der Waals surface area contributed by atoms with E-state index in [9.17, 15) is 8.78 Å². The van der Waals surface area contributed by atoms with Crippen LogP contribution in [-0.4, -0.2) is 24.5 Å². The highest BCUT2D eigenvalue weighted by Gasteiger charge is 2.30. The number of alkyl halides is 2. The molecule has 0 saturated carbocycles. The van der Waals surface area contributed by atoms with Crippen LogP contribution in [0.5, 0.6) is 0 Å². The van der Waals surface area contributed by atoms with Crippen molar-refractivity contribution < 1.29 is 8.78 Å². The van der Waals surface area contributed by atoms with Crippen molar-refractivity contribution in [2.75, 3.05) is 13.8 Å². The van der Waals surface area contributed by atoms with Gasteiger partial charge in [-0.2, -0.15) is 0 Å². The average molecular weight is 159 g/mol. The molecule has 0 N–H and O–H groups in total. The molecule has 0 fully saturated rings. The highest BCUT2D eigenvalue weighted by molar-refractivity contribution is 5.17. The van der Waals surface area contributed by atoms with Crippen LogP contribution < -0.4 is 0 Å². The number of hydrogen-bond donors (Lipinski definition) is 0. The van der Waals surface area contributed by atoms with Gasteiger partial charge in [0.1, 0.15) is 6.80 Å². The largest absolute Gasteiger partial charge is 0.243 e. The van der Waals surface area contributed by atoms with Gasteiger partial charge in [0.2, 0.25) is 0 Å². The van der Waals surface area contributed by atoms with Gasteiger partial charge in [0.05, 0.1) is 0 Å². The molecule has 0 spiro atoms. The second-order valence-electron chi connectivity index (χ2n) is 2.63. The Hall–Kier alpha value is -0.700. The minimum absolute atomic E-state index is 0.226. The zero-order chi connectivity index (χ0) is 8.32. The van der Waals surface area contributed by atoms with Crippen LogP contribution >= 0.6 is 0 Å². The van der Waals surface area contributed by atoms with Gasteiger partial charge in [-0.25, -0.2) is 13.7 Å². The highest BCUT2D eigenvalue weighted by atomic mass is 19.2. The van der Waals surface area contributed by atoms with Gasteiger partial charge in [0, 0.05) is 6.42 Å². The number of hydrogen-bond acceptors (Lipinski definition) is 1. The maximum absolute atomic E-state index is 13.5. The van der Waals surface area contributed by atoms with Crippen molar-refractivity contribution >= 4 is 0 Å². The van der Waals surface area contributed by atoms with E-state index in [-0.39, 0.29) is 6.42 Å². The molecule has 0 aliphatic heterocycles. The molecule has 1 nitrogen and oxygen atoms in total. The summed E-state index contributed by atoms with van der Waals surface area (Å²) in [5.41, 5.74) is 0. The van der Waals surface area contributed by atoms with Gasteiger partial charge in [-0.3, -0.25) is 0 Å². The number of allylic oxidation sites excluding steroid dienone is 2. The van der Waals surface area contributed by atoms with E-state index in [0.29, 0.717) is 0 Å². The minimum atomic E-state index is -1.62. The molecule has 0 amide bonds. The first-order valence-corrected chi connectivity index (χ1v) is 3.49. The van der Waals surface area contributed by atoms with Crippen molar-refractivity contribution in [1.82, 2.24) is 4.90 Å². The van der Waals surface area contributed by atoms with E-state index in [1.807, 2.05) is 0 Å². The van der Waals surface area contributed by atoms with Crippen LogP contribution in [-0.2, 0) is 0 Å². The van der Waals surface area contributed by atoms with Crippen LogP contribution in [0.3, 0.4) is 0 Å². The quantitative estimate of drug-likeness (QED) is 0.557. The second kappa shape index (κ2) is 3.13. The van der Waals surface area contributed by atoms with Crippen molar-refractivity contribution in [2.24, 2.45) is 0 Å². The standard InChI is InChI=1S/C8H11F2N/c1-11(7-9)8(10)5-3-2-4-6-8/h2-5H,6-7H2,1H3. The minimum Gasteiger partial charge on any atom is -0.243 e. The van der Waals surface area contributed by atoms with Crippen molar-refractivity contribution in [3.63, 3.8) is 0 Å². The van der Waals surface area contributed by atoms with Gasteiger partial charge < -0.3 is 0 Å². The Morgan fingerprint density at radius 3 is 2.73 bits per heavy atom. The molecule has 1 aliphatic carbocycles. The predicted molar refractivity (Wildman–Crippen MR) is 40.5 cm³/mol. The van der Waals surface area contributed by atoms with Gasteiger partial charge >= 0.3 is 0 Å². The van der Waals surface area contributed by atoms with Gasteiger partial charge in [0.25, 0.3) is 0 Å². The Kier molecular flexibility index (Phi) is 2.39. The van der Waals surface area contributed by atoms with Crippen LogP contribution in [0.15, 0.2) is 24.3 Å². The molecule has 1 unspecified atom stereocenters. The van der Waals surface area contributed by atoms with E-state index in [1.54, 1.807) is 18.2 Å². The lowest BCUT2D eigenvalue weighted by atomic mass is 10.1. The Morgan fingerprint density at radius 2 is 2.27 bits per heavy atom. The summed E-state index contributed by atoms with van der Waals surface area (Å²) in [6.07, 6.45) is 6.63. The van der Waals surface area contributed by atoms with Crippen LogP contribution in [0, 0.1) is 0 Å². The fraction of sp³-hybridized carbons (Fsp3) is 0.500. The van der Waals surface area contributed by atoms with E-state index in [2.05, 4.69) is 0 Å². The third-order valence-electron chi connectivity index (χ3n) is 1.82. The molecule has 1 aliphatic rings. The first-order chi connectivity index (χ1) is 5.19. The van der Waals surface area contributed by atoms with E-state index < -0.39 is 12.6 Å². The Bertz CT molecular complexity index is 189. The van der Waals surface area contributed by atoms with E-state index in [4.69, 9.17) is 0 Å². The van der Waals surface area contributed by atoms with E-state index in [1.165, 1.54) is 13.1 Å². The molecule has 0 bridgehead atoms. The van der Waals surface area contributed by atoms with Crippen molar-refractivity contribution in [1.29, 1.82) is 0 Å². The lowest BCUT2D eigenvalue weighted by Crippen LogP contribution is -2.40. The van der Waals surface area contributed by atoms with Crippen LogP contribution in [0.4, 0.5) is 8.78 Å². The van der Waals surface area contributed by atoms with Crippen molar-refractivity contribution in [3.05, 3.63) is 24.3 Å². The summed E-state index contributed by atoms with van der Waals surface area (Å²) in [5, 5.41) is 0. The first kappa shape index (κ1) is 8.40. The second-order valence-corrected chi connectivity index (χ2v) is 2.63. The van der Waals surface area contributed by atoms with Crippen LogP contribution in [0.1, 0.15) is 6.42 Å². The number of rotatable bonds is 2. The number of nitrogens with zero attached hydrogens (tertiary/aromatic N) is 1. The third-order valence-corrected chi connectivity index (χ3v) is 1.82. The molecule has 0 saturated heterocycles. The summed E-state index contributed by atoms with van der Waals surface area (Å²) in [6.45, 7) is -0.769. The highest BCUT2D eigenvalue weighted by Crippen LogP contribution is 2.25. The molecular weight excluding hydrogens is 148 g/mol. The lowest BCUT2D eigenvalue weighted by Gasteiger charge is -2.30. The van der Waals surface area contributed by atoms with Gasteiger partial charge in [-0.1, -0.05) is 18.2 Å². The van der Waals surface area contributed by atoms with Crippen LogP contribution in [0.2, 0.25) is 0 Å². The fourth-order valence-electron chi connectivity index (χ4n) is 0.965. The zero-order valence-electron chi connectivity index (χ0n) is 6.43. The predicted octanol–water partition coefficient (Wildman–Crippen LogP) is 2.03. The normalized spacial score (nSPS) is 29.8. The Morgan fingerprint density at radius 1 is 1.55 bits per heavy atom. The molecule has 0 aromatic heterocycles. The SMILES string of the molecule is CN(CF)C1(F)C=CC=CC1. The van der Waals surface area contributed by atoms with Crippen molar-refractivity contribution in [3.8, 4) is 0 Å². The van der Waals surface area contributed by atoms with Crippen molar-refractivity contribution in [2.45, 2.75) is 12.2 Å². The Labute approximate surface area is 65.0 Å². The summed E-state index contributed by atoms with van der Waals surface area (Å²) in [7, 11) is 1.42. The maximum atomic E-state index is 13.5. The summed E-state index contributed by atoms with van der Waals surface area (Å²) in [5.74, 6) is -1.62. The first-order valence-electron chi connectivity index (χ1n) is 3.49. The van der Waals surface area contributed by atoms with Gasteiger partial charge in [-0.15, -0.1) is 0 Å². The molecular formula is C8H11F2N. The monoisotopic (exact) mass is 159 g/mol. The molecule has 62 valence electrons. The molecule has 1 atom stereocenters. The lowest BCUT2D eigenvalue weighted by molar-refractivity contribution is 0.00248. The Balaban J connectivity index is 2.67. The molecule has 0 radical (unpaired) electrons. The molecule has 0 aromatic carbocycles. The maximum Gasteiger partial charge on any atom is 0.188 e. The molecule has 0 heterocycles. The molecule has 11 heavy (non-hydrogen) atoms. The molecule has 1 rings (SSSR count). The average Bonchev–Trinajstić information content (AvgIpc) is 2.04. The van der Waals surface area contributed by atoms with E-state index >= 15 is 0 Å². The molecule has 0 aromatic rings. The topological polar surface area (TPSA) is 3.24 Å². The van der Waals surface area contributed by atoms with E-state index in [0.717, 1.165) is 4.90 Å². The van der Waals surface area contributed by atoms with Crippen LogP contribution in [0.25, 0.3) is 0 Å². The molecule has 3 heteroatoms. The van der Waals surface area contributed by atoms with Gasteiger partial charge in [0.15, 0.2) is 5.79 Å². The zero-order valence-corrected chi connectivity index (χ0v) is 6.43. The summed E-state index contributed by atoms with van der Waals surface area (Å²) >= 11 is 0.